The number of thiazole rings is 1. The van der Waals surface area contributed by atoms with Crippen molar-refractivity contribution in [3.8, 4) is 35.1 Å². The maximum absolute atomic E-state index is 13.5. The molecule has 2 aromatic carbocycles. The molecular formula is C26H20Br2N4O5S. The molecule has 9 nitrogen and oxygen atoms in total. The fourth-order valence-corrected chi connectivity index (χ4v) is 6.37. The van der Waals surface area contributed by atoms with E-state index in [1.807, 2.05) is 0 Å². The molecule has 1 atom stereocenters. The van der Waals surface area contributed by atoms with Crippen molar-refractivity contribution in [2.24, 2.45) is 5.73 Å². The van der Waals surface area contributed by atoms with Crippen LogP contribution in [0.3, 0.4) is 0 Å². The maximum atomic E-state index is 13.5. The number of halogens is 2. The van der Waals surface area contributed by atoms with E-state index in [0.29, 0.717) is 52.3 Å². The van der Waals surface area contributed by atoms with Gasteiger partial charge < -0.3 is 24.7 Å². The van der Waals surface area contributed by atoms with Gasteiger partial charge >= 0.3 is 0 Å². The largest absolute Gasteiger partial charge is 0.496 e. The van der Waals surface area contributed by atoms with Crippen LogP contribution in [-0.2, 0) is 0 Å². The summed E-state index contributed by atoms with van der Waals surface area (Å²) in [5, 5.41) is 20.4. The van der Waals surface area contributed by atoms with E-state index in [0.717, 1.165) is 11.3 Å². The van der Waals surface area contributed by atoms with E-state index in [1.54, 1.807) is 30.3 Å². The fraction of sp³-hybridized carbons (Fsp3) is 0.192. The van der Waals surface area contributed by atoms with Crippen LogP contribution in [-0.4, -0.2) is 33.0 Å². The first-order chi connectivity index (χ1) is 18.2. The molecule has 1 aliphatic rings. The lowest BCUT2D eigenvalue weighted by molar-refractivity contribution is 0.389. The molecule has 38 heavy (non-hydrogen) atoms. The van der Waals surface area contributed by atoms with Crippen molar-refractivity contribution in [3.05, 3.63) is 69.5 Å². The lowest BCUT2D eigenvalue weighted by Crippen LogP contribution is -2.38. The average Bonchev–Trinajstić information content (AvgIpc) is 3.24. The topological polar surface area (TPSA) is 133 Å². The zero-order valence-electron chi connectivity index (χ0n) is 20.6. The van der Waals surface area contributed by atoms with Gasteiger partial charge in [0.15, 0.2) is 0 Å². The normalized spacial score (nSPS) is 15.0. The summed E-state index contributed by atoms with van der Waals surface area (Å²) in [5.74, 6) is 1.05. The zero-order chi connectivity index (χ0) is 27.7. The number of nitriles is 2. The molecule has 194 valence electrons. The van der Waals surface area contributed by atoms with E-state index in [9.17, 15) is 15.3 Å². The van der Waals surface area contributed by atoms with E-state index in [4.69, 9.17) is 24.7 Å². The first-order valence-electron chi connectivity index (χ1n) is 10.8. The van der Waals surface area contributed by atoms with Gasteiger partial charge in [-0.2, -0.15) is 10.5 Å². The van der Waals surface area contributed by atoms with Gasteiger partial charge in [-0.1, -0.05) is 0 Å². The van der Waals surface area contributed by atoms with Gasteiger partial charge in [0.05, 0.1) is 71.1 Å². The van der Waals surface area contributed by atoms with Gasteiger partial charge in [0, 0.05) is 23.3 Å². The maximum Gasteiger partial charge on any atom is 0.274 e. The van der Waals surface area contributed by atoms with Crippen LogP contribution in [0.1, 0.15) is 17.0 Å². The van der Waals surface area contributed by atoms with Crippen LogP contribution in [0.5, 0.6) is 23.0 Å². The number of hydrogen-bond donors (Lipinski definition) is 1. The van der Waals surface area contributed by atoms with Gasteiger partial charge in [-0.3, -0.25) is 9.36 Å². The number of nitrogens with two attached hydrogens (primary N) is 1. The second-order valence-electron chi connectivity index (χ2n) is 7.88. The number of nitrogens with zero attached hydrogens (tertiary/aromatic N) is 3. The number of ether oxygens (including phenoxy) is 4. The highest BCUT2D eigenvalue weighted by Gasteiger charge is 2.34. The van der Waals surface area contributed by atoms with Gasteiger partial charge in [0.2, 0.25) is 0 Å². The highest BCUT2D eigenvalue weighted by atomic mass is 79.9. The predicted molar refractivity (Wildman–Crippen MR) is 151 cm³/mol. The Labute approximate surface area is 238 Å². The molecule has 0 bridgehead atoms. The lowest BCUT2D eigenvalue weighted by atomic mass is 9.84. The van der Waals surface area contributed by atoms with Crippen LogP contribution < -0.4 is 39.4 Å². The minimum Gasteiger partial charge on any atom is -0.496 e. The Morgan fingerprint density at radius 2 is 1.45 bits per heavy atom. The highest BCUT2D eigenvalue weighted by molar-refractivity contribution is 9.10. The van der Waals surface area contributed by atoms with Gasteiger partial charge in [0.1, 0.15) is 33.5 Å². The van der Waals surface area contributed by atoms with Gasteiger partial charge in [-0.15, -0.1) is 11.3 Å². The molecule has 0 amide bonds. The summed E-state index contributed by atoms with van der Waals surface area (Å²) >= 11 is 8.02. The molecular weight excluding hydrogens is 640 g/mol. The minimum absolute atomic E-state index is 0.0516. The van der Waals surface area contributed by atoms with Crippen molar-refractivity contribution in [2.75, 3.05) is 28.4 Å². The molecule has 1 aliphatic heterocycles. The summed E-state index contributed by atoms with van der Waals surface area (Å²) in [5.41, 5.74) is 7.34. The SMILES string of the molecule is COc1cc(OC)c(C=c2sc3n(c2=O)C(N)=C(C#N)C(c2cc(Br)c(OC)cc2OC)C=3C#N)cc1Br. The molecule has 1 unspecified atom stereocenters. The molecule has 12 heteroatoms. The second kappa shape index (κ2) is 11.0. The lowest BCUT2D eigenvalue weighted by Gasteiger charge is -2.24. The zero-order valence-corrected chi connectivity index (χ0v) is 24.6. The van der Waals surface area contributed by atoms with Gasteiger partial charge in [0.25, 0.3) is 5.56 Å². The molecule has 1 aromatic heterocycles. The molecule has 0 saturated carbocycles. The Hall–Kier alpha value is -3.71. The Balaban J connectivity index is 2.07. The van der Waals surface area contributed by atoms with E-state index in [-0.39, 0.29) is 17.0 Å². The third kappa shape index (κ3) is 4.45. The average molecular weight is 660 g/mol. The second-order valence-corrected chi connectivity index (χ2v) is 10.6. The van der Waals surface area contributed by atoms with Crippen LogP contribution in [0, 0.1) is 22.7 Å². The van der Waals surface area contributed by atoms with Crippen molar-refractivity contribution in [1.29, 1.82) is 10.5 Å². The smallest absolute Gasteiger partial charge is 0.274 e. The summed E-state index contributed by atoms with van der Waals surface area (Å²) in [6.45, 7) is 0. The van der Waals surface area contributed by atoms with E-state index in [1.165, 1.54) is 33.0 Å². The van der Waals surface area contributed by atoms with Crippen LogP contribution in [0.2, 0.25) is 0 Å². The quantitative estimate of drug-likeness (QED) is 0.426. The highest BCUT2D eigenvalue weighted by Crippen LogP contribution is 2.44. The van der Waals surface area contributed by atoms with Crippen LogP contribution in [0.15, 0.2) is 43.6 Å². The van der Waals surface area contributed by atoms with Crippen molar-refractivity contribution < 1.29 is 18.9 Å². The van der Waals surface area contributed by atoms with E-state index in [2.05, 4.69) is 44.0 Å². The predicted octanol–water partition coefficient (Wildman–Crippen LogP) is 3.42. The van der Waals surface area contributed by atoms with Crippen molar-refractivity contribution in [1.82, 2.24) is 4.57 Å². The Bertz CT molecular complexity index is 1760. The Morgan fingerprint density at radius 3 is 2.00 bits per heavy atom. The van der Waals surface area contributed by atoms with Crippen molar-refractivity contribution >= 4 is 60.7 Å². The summed E-state index contributed by atoms with van der Waals surface area (Å²) in [6, 6.07) is 11.1. The van der Waals surface area contributed by atoms with Gasteiger partial charge in [-0.25, -0.2) is 0 Å². The summed E-state index contributed by atoms with van der Waals surface area (Å²) in [7, 11) is 6.05. The molecule has 0 saturated heterocycles. The third-order valence-corrected chi connectivity index (χ3v) is 8.34. The number of methoxy groups -OCH3 is 4. The molecule has 0 radical (unpaired) electrons. The number of rotatable bonds is 6. The number of fused-ring (bicyclic) bond motifs is 1. The van der Waals surface area contributed by atoms with Crippen LogP contribution in [0.4, 0.5) is 0 Å². The van der Waals surface area contributed by atoms with E-state index < -0.39 is 11.5 Å². The Kier molecular flexibility index (Phi) is 7.88. The number of benzene rings is 2. The van der Waals surface area contributed by atoms with Crippen molar-refractivity contribution in [2.45, 2.75) is 5.92 Å². The number of aromatic nitrogens is 1. The standard InChI is InChI=1S/C26H20Br2N4O5S/c1-34-18-8-20(36-3)16(27)5-12(18)6-22-25(33)32-24(31)14(10-29)23(15(11-30)26(32)38-22)13-7-17(28)21(37-4)9-19(13)35-2/h5-9,23H,31H2,1-4H3. The monoisotopic (exact) mass is 658 g/mol. The van der Waals surface area contributed by atoms with Crippen LogP contribution >= 0.6 is 43.2 Å². The Morgan fingerprint density at radius 1 is 0.895 bits per heavy atom. The molecule has 3 aromatic rings. The molecule has 0 aliphatic carbocycles. The van der Waals surface area contributed by atoms with E-state index >= 15 is 0 Å². The third-order valence-electron chi connectivity index (χ3n) is 6.00. The number of allylic oxidation sites excluding steroid dienone is 1. The molecule has 0 fully saturated rings. The summed E-state index contributed by atoms with van der Waals surface area (Å²) in [4.78, 5) is 13.5. The first kappa shape index (κ1) is 27.3. The summed E-state index contributed by atoms with van der Waals surface area (Å²) in [6.07, 6.45) is 1.65. The van der Waals surface area contributed by atoms with Crippen molar-refractivity contribution in [3.63, 3.8) is 0 Å². The minimum atomic E-state index is -0.863. The molecule has 4 rings (SSSR count). The summed E-state index contributed by atoms with van der Waals surface area (Å²) < 4.78 is 24.8. The van der Waals surface area contributed by atoms with Crippen LogP contribution in [0.25, 0.3) is 17.5 Å². The molecule has 2 N–H and O–H groups in total. The molecule has 0 spiro atoms. The fourth-order valence-electron chi connectivity index (χ4n) is 4.21. The van der Waals surface area contributed by atoms with Gasteiger partial charge in [-0.05, 0) is 50.1 Å². The first-order valence-corrected chi connectivity index (χ1v) is 13.3. The number of hydrogen-bond acceptors (Lipinski definition) is 9. The molecule has 2 heterocycles.